The Hall–Kier alpha value is -1.29. The van der Waals surface area contributed by atoms with Crippen molar-refractivity contribution in [2.75, 3.05) is 12.4 Å². The molecule has 0 fully saturated rings. The Morgan fingerprint density at radius 1 is 1.75 bits per heavy atom. The molecule has 5 heteroatoms. The van der Waals surface area contributed by atoms with E-state index in [4.69, 9.17) is 11.6 Å². The molecule has 1 amide bonds. The molecule has 0 saturated carbocycles. The number of ether oxygens (including phenoxy) is 1. The number of aromatic nitrogens is 1. The van der Waals surface area contributed by atoms with Crippen LogP contribution in [0.2, 0.25) is 5.02 Å². The standard InChI is InChI=1S/C7H7ClN2O2/c1-12-7(11)10-6-5(8)3-2-4-9-6/h2-4H,1H3,(H,9,10,11). The highest BCUT2D eigenvalue weighted by molar-refractivity contribution is 6.33. The van der Waals surface area contributed by atoms with Crippen molar-refractivity contribution < 1.29 is 9.53 Å². The van der Waals surface area contributed by atoms with E-state index in [2.05, 4.69) is 15.0 Å². The fraction of sp³-hybridized carbons (Fsp3) is 0.143. The van der Waals surface area contributed by atoms with E-state index in [9.17, 15) is 4.79 Å². The number of carbonyl (C=O) groups excluding carboxylic acids is 1. The van der Waals surface area contributed by atoms with Gasteiger partial charge in [-0.05, 0) is 12.1 Å². The van der Waals surface area contributed by atoms with Gasteiger partial charge in [0.15, 0.2) is 5.82 Å². The lowest BCUT2D eigenvalue weighted by Crippen LogP contribution is -2.12. The second kappa shape index (κ2) is 3.92. The molecule has 1 heterocycles. The first-order chi connectivity index (χ1) is 5.74. The third-order valence-corrected chi connectivity index (χ3v) is 1.47. The molecule has 1 rings (SSSR count). The normalized spacial score (nSPS) is 9.17. The summed E-state index contributed by atoms with van der Waals surface area (Å²) in [4.78, 5) is 14.5. The maximum Gasteiger partial charge on any atom is 0.412 e. The number of hydrogen-bond donors (Lipinski definition) is 1. The molecule has 0 aliphatic carbocycles. The molecule has 0 aliphatic heterocycles. The summed E-state index contributed by atoms with van der Waals surface area (Å²) >= 11 is 5.69. The zero-order valence-corrected chi connectivity index (χ0v) is 7.13. The Morgan fingerprint density at radius 2 is 2.50 bits per heavy atom. The fourth-order valence-corrected chi connectivity index (χ4v) is 0.794. The lowest BCUT2D eigenvalue weighted by molar-refractivity contribution is 0.187. The van der Waals surface area contributed by atoms with Crippen LogP contribution in [0.3, 0.4) is 0 Å². The summed E-state index contributed by atoms with van der Waals surface area (Å²) in [5.41, 5.74) is 0. The van der Waals surface area contributed by atoms with E-state index in [0.29, 0.717) is 10.8 Å². The van der Waals surface area contributed by atoms with Gasteiger partial charge in [-0.1, -0.05) is 11.6 Å². The molecule has 1 aromatic heterocycles. The van der Waals surface area contributed by atoms with Crippen LogP contribution in [0.25, 0.3) is 0 Å². The smallest absolute Gasteiger partial charge is 0.412 e. The lowest BCUT2D eigenvalue weighted by atomic mass is 10.4. The number of amides is 1. The second-order valence-corrected chi connectivity index (χ2v) is 2.36. The molecule has 1 aromatic rings. The number of halogens is 1. The van der Waals surface area contributed by atoms with Gasteiger partial charge in [-0.15, -0.1) is 0 Å². The Morgan fingerprint density at radius 3 is 3.08 bits per heavy atom. The largest absolute Gasteiger partial charge is 0.453 e. The zero-order valence-electron chi connectivity index (χ0n) is 6.37. The maximum atomic E-state index is 10.7. The fourth-order valence-electron chi connectivity index (χ4n) is 0.625. The minimum atomic E-state index is -0.587. The highest BCUT2D eigenvalue weighted by Crippen LogP contribution is 2.16. The highest BCUT2D eigenvalue weighted by atomic mass is 35.5. The predicted molar refractivity (Wildman–Crippen MR) is 45.3 cm³/mol. The maximum absolute atomic E-state index is 10.7. The molecule has 12 heavy (non-hydrogen) atoms. The molecule has 0 bridgehead atoms. The van der Waals surface area contributed by atoms with Gasteiger partial charge in [0.2, 0.25) is 0 Å². The Kier molecular flexibility index (Phi) is 2.88. The summed E-state index contributed by atoms with van der Waals surface area (Å²) in [6.45, 7) is 0. The molecule has 0 unspecified atom stereocenters. The van der Waals surface area contributed by atoms with Crippen LogP contribution in [0, 0.1) is 0 Å². The lowest BCUT2D eigenvalue weighted by Gasteiger charge is -2.02. The van der Waals surface area contributed by atoms with E-state index in [-0.39, 0.29) is 0 Å². The summed E-state index contributed by atoms with van der Waals surface area (Å²) in [7, 11) is 1.27. The first kappa shape index (κ1) is 8.80. The van der Waals surface area contributed by atoms with Crippen molar-refractivity contribution >= 4 is 23.5 Å². The number of carbonyl (C=O) groups is 1. The van der Waals surface area contributed by atoms with Gasteiger partial charge >= 0.3 is 6.09 Å². The summed E-state index contributed by atoms with van der Waals surface area (Å²) in [5, 5.41) is 2.73. The van der Waals surface area contributed by atoms with Crippen LogP contribution in [0.15, 0.2) is 18.3 Å². The molecule has 0 aliphatic rings. The van der Waals surface area contributed by atoms with Crippen LogP contribution in [-0.2, 0) is 4.74 Å². The van der Waals surface area contributed by atoms with Crippen molar-refractivity contribution in [1.82, 2.24) is 4.98 Å². The van der Waals surface area contributed by atoms with Crippen LogP contribution in [0.5, 0.6) is 0 Å². The van der Waals surface area contributed by atoms with E-state index in [1.807, 2.05) is 0 Å². The van der Waals surface area contributed by atoms with Crippen molar-refractivity contribution in [1.29, 1.82) is 0 Å². The minimum Gasteiger partial charge on any atom is -0.453 e. The van der Waals surface area contributed by atoms with Gasteiger partial charge < -0.3 is 4.74 Å². The van der Waals surface area contributed by atoms with Gasteiger partial charge in [-0.25, -0.2) is 9.78 Å². The van der Waals surface area contributed by atoms with E-state index >= 15 is 0 Å². The Labute approximate surface area is 74.5 Å². The monoisotopic (exact) mass is 186 g/mol. The van der Waals surface area contributed by atoms with E-state index in [1.165, 1.54) is 13.3 Å². The number of anilines is 1. The summed E-state index contributed by atoms with van der Waals surface area (Å²) < 4.78 is 4.36. The molecule has 0 atom stereocenters. The average molecular weight is 187 g/mol. The SMILES string of the molecule is COC(=O)Nc1ncccc1Cl. The van der Waals surface area contributed by atoms with Crippen LogP contribution >= 0.6 is 11.6 Å². The van der Waals surface area contributed by atoms with E-state index < -0.39 is 6.09 Å². The molecule has 64 valence electrons. The van der Waals surface area contributed by atoms with Crippen molar-refractivity contribution in [3.8, 4) is 0 Å². The molecule has 4 nitrogen and oxygen atoms in total. The number of pyridine rings is 1. The third-order valence-electron chi connectivity index (χ3n) is 1.16. The predicted octanol–water partition coefficient (Wildman–Crippen LogP) is 1.91. The van der Waals surface area contributed by atoms with Crippen LogP contribution in [-0.4, -0.2) is 18.2 Å². The summed E-state index contributed by atoms with van der Waals surface area (Å²) in [5.74, 6) is 0.297. The van der Waals surface area contributed by atoms with Crippen molar-refractivity contribution in [3.63, 3.8) is 0 Å². The minimum absolute atomic E-state index is 0.297. The molecule has 0 radical (unpaired) electrons. The zero-order chi connectivity index (χ0) is 8.97. The first-order valence-electron chi connectivity index (χ1n) is 3.19. The van der Waals surface area contributed by atoms with Gasteiger partial charge in [-0.3, -0.25) is 5.32 Å². The van der Waals surface area contributed by atoms with Gasteiger partial charge in [-0.2, -0.15) is 0 Å². The van der Waals surface area contributed by atoms with Crippen LogP contribution in [0.1, 0.15) is 0 Å². The van der Waals surface area contributed by atoms with E-state index in [0.717, 1.165) is 0 Å². The van der Waals surface area contributed by atoms with Crippen LogP contribution < -0.4 is 5.32 Å². The number of nitrogens with one attached hydrogen (secondary N) is 1. The number of rotatable bonds is 1. The quantitative estimate of drug-likeness (QED) is 0.729. The Balaban J connectivity index is 2.75. The molecular weight excluding hydrogens is 180 g/mol. The molecule has 0 saturated heterocycles. The van der Waals surface area contributed by atoms with Crippen LogP contribution in [0.4, 0.5) is 10.6 Å². The van der Waals surface area contributed by atoms with E-state index in [1.54, 1.807) is 12.1 Å². The number of hydrogen-bond acceptors (Lipinski definition) is 3. The summed E-state index contributed by atoms with van der Waals surface area (Å²) in [6.07, 6.45) is 0.938. The number of nitrogens with zero attached hydrogens (tertiary/aromatic N) is 1. The molecular formula is C7H7ClN2O2. The average Bonchev–Trinajstić information content (AvgIpc) is 2.09. The first-order valence-corrected chi connectivity index (χ1v) is 3.57. The Bertz CT molecular complexity index is 290. The highest BCUT2D eigenvalue weighted by Gasteiger charge is 2.04. The third kappa shape index (κ3) is 2.10. The van der Waals surface area contributed by atoms with Gasteiger partial charge in [0.1, 0.15) is 0 Å². The molecule has 1 N–H and O–H groups in total. The van der Waals surface area contributed by atoms with Gasteiger partial charge in [0.25, 0.3) is 0 Å². The van der Waals surface area contributed by atoms with Crippen molar-refractivity contribution in [3.05, 3.63) is 23.4 Å². The molecule has 0 spiro atoms. The second-order valence-electron chi connectivity index (χ2n) is 1.95. The summed E-state index contributed by atoms with van der Waals surface area (Å²) in [6, 6.07) is 3.30. The number of methoxy groups -OCH3 is 1. The van der Waals surface area contributed by atoms with Crippen molar-refractivity contribution in [2.45, 2.75) is 0 Å². The van der Waals surface area contributed by atoms with Crippen molar-refractivity contribution in [2.24, 2.45) is 0 Å². The van der Waals surface area contributed by atoms with Gasteiger partial charge in [0.05, 0.1) is 12.1 Å². The topological polar surface area (TPSA) is 51.2 Å². The molecule has 0 aromatic carbocycles. The van der Waals surface area contributed by atoms with Gasteiger partial charge in [0, 0.05) is 6.20 Å².